The number of aromatic nitrogens is 1. The van der Waals surface area contributed by atoms with E-state index in [2.05, 4.69) is 11.2 Å². The molecule has 1 fully saturated rings. The molecule has 0 aliphatic carbocycles. The fourth-order valence-electron chi connectivity index (χ4n) is 4.20. The maximum Gasteiger partial charge on any atom is 0.254 e. The molecule has 1 aliphatic rings. The summed E-state index contributed by atoms with van der Waals surface area (Å²) in [5, 5.41) is 13.3. The van der Waals surface area contributed by atoms with Gasteiger partial charge in [-0.2, -0.15) is 9.57 Å². The van der Waals surface area contributed by atoms with E-state index in [4.69, 9.17) is 4.52 Å². The van der Waals surface area contributed by atoms with Crippen LogP contribution in [0.3, 0.4) is 0 Å². The largest absolute Gasteiger partial charge is 0.360 e. The summed E-state index contributed by atoms with van der Waals surface area (Å²) in [5.41, 5.74) is 2.69. The summed E-state index contributed by atoms with van der Waals surface area (Å²) < 4.78 is 32.8. The Morgan fingerprint density at radius 3 is 2.39 bits per heavy atom. The summed E-state index contributed by atoms with van der Waals surface area (Å²) in [6.45, 7) is 4.35. The molecule has 8 nitrogen and oxygen atoms in total. The fraction of sp³-hybridized carbons (Fsp3) is 0.292. The van der Waals surface area contributed by atoms with E-state index in [1.54, 1.807) is 43.0 Å². The minimum atomic E-state index is -3.77. The summed E-state index contributed by atoms with van der Waals surface area (Å²) in [6.07, 6.45) is 0.505. The molecule has 2 heterocycles. The number of rotatable bonds is 4. The summed E-state index contributed by atoms with van der Waals surface area (Å²) in [4.78, 5) is 15.3. The predicted molar refractivity (Wildman–Crippen MR) is 122 cm³/mol. The van der Waals surface area contributed by atoms with Crippen molar-refractivity contribution in [2.75, 3.05) is 26.2 Å². The van der Waals surface area contributed by atoms with Crippen molar-refractivity contribution in [1.29, 1.82) is 5.26 Å². The summed E-state index contributed by atoms with van der Waals surface area (Å²) >= 11 is 0. The van der Waals surface area contributed by atoms with Crippen LogP contribution in [0, 0.1) is 25.2 Å². The van der Waals surface area contributed by atoms with Crippen LogP contribution in [-0.2, 0) is 10.0 Å². The third-order valence-corrected chi connectivity index (χ3v) is 7.95. The second-order valence-electron chi connectivity index (χ2n) is 7.91. The topological polar surface area (TPSA) is 108 Å². The van der Waals surface area contributed by atoms with Gasteiger partial charge in [0.15, 0.2) is 5.76 Å². The average molecular weight is 465 g/mol. The lowest BCUT2D eigenvalue weighted by molar-refractivity contribution is 0.0765. The van der Waals surface area contributed by atoms with Gasteiger partial charge < -0.3 is 9.42 Å². The number of hydrogen-bond acceptors (Lipinski definition) is 6. The lowest BCUT2D eigenvalue weighted by Crippen LogP contribution is -2.37. The molecule has 1 aliphatic heterocycles. The Bertz CT molecular complexity index is 1320. The van der Waals surface area contributed by atoms with Crippen molar-refractivity contribution in [1.82, 2.24) is 14.4 Å². The Morgan fingerprint density at radius 2 is 1.70 bits per heavy atom. The SMILES string of the molecule is Cc1noc(C)c1S(=O)(=O)N1CCCN(C(=O)c2ccccc2-c2ccccc2C#N)CC1. The van der Waals surface area contributed by atoms with Gasteiger partial charge in [0.05, 0.1) is 11.6 Å². The van der Waals surface area contributed by atoms with Crippen LogP contribution in [0.2, 0.25) is 0 Å². The Hall–Kier alpha value is -3.48. The highest BCUT2D eigenvalue weighted by atomic mass is 32.2. The zero-order valence-corrected chi connectivity index (χ0v) is 19.3. The van der Waals surface area contributed by atoms with E-state index in [1.165, 1.54) is 4.31 Å². The number of nitrogens with zero attached hydrogens (tertiary/aromatic N) is 4. The van der Waals surface area contributed by atoms with Crippen LogP contribution >= 0.6 is 0 Å². The van der Waals surface area contributed by atoms with Crippen LogP contribution in [0.25, 0.3) is 11.1 Å². The smallest absolute Gasteiger partial charge is 0.254 e. The molecule has 2 aromatic carbocycles. The maximum atomic E-state index is 13.5. The van der Waals surface area contributed by atoms with Crippen molar-refractivity contribution in [3.05, 3.63) is 71.1 Å². The van der Waals surface area contributed by atoms with E-state index in [0.717, 1.165) is 0 Å². The normalized spacial score (nSPS) is 15.1. The molecule has 1 amide bonds. The van der Waals surface area contributed by atoms with Gasteiger partial charge in [-0.05, 0) is 38.0 Å². The van der Waals surface area contributed by atoms with Gasteiger partial charge in [0.2, 0.25) is 10.0 Å². The standard InChI is InChI=1S/C24H24N4O4S/c1-17-23(18(2)32-26-17)33(30,31)28-13-7-12-27(14-15-28)24(29)22-11-6-5-10-21(22)20-9-4-3-8-19(20)16-25/h3-6,8-11H,7,12-15H2,1-2H3. The number of aryl methyl sites for hydroxylation is 2. The van der Waals surface area contributed by atoms with Crippen molar-refractivity contribution in [2.24, 2.45) is 0 Å². The first-order valence-corrected chi connectivity index (χ1v) is 12.1. The molecule has 0 unspecified atom stereocenters. The van der Waals surface area contributed by atoms with Gasteiger partial charge in [0.25, 0.3) is 5.91 Å². The van der Waals surface area contributed by atoms with Gasteiger partial charge in [-0.3, -0.25) is 4.79 Å². The average Bonchev–Trinajstić information content (AvgIpc) is 3.02. The van der Waals surface area contributed by atoms with Gasteiger partial charge in [-0.25, -0.2) is 8.42 Å². The van der Waals surface area contributed by atoms with Gasteiger partial charge in [-0.15, -0.1) is 0 Å². The molecule has 0 N–H and O–H groups in total. The molecule has 4 rings (SSSR count). The van der Waals surface area contributed by atoms with Crippen molar-refractivity contribution in [2.45, 2.75) is 25.2 Å². The molecule has 0 atom stereocenters. The highest BCUT2D eigenvalue weighted by molar-refractivity contribution is 7.89. The number of carbonyl (C=O) groups excluding carboxylic acids is 1. The maximum absolute atomic E-state index is 13.5. The predicted octanol–water partition coefficient (Wildman–Crippen LogP) is 3.37. The molecule has 0 saturated carbocycles. The van der Waals surface area contributed by atoms with Crippen LogP contribution in [-0.4, -0.2) is 54.9 Å². The number of sulfonamides is 1. The van der Waals surface area contributed by atoms with E-state index >= 15 is 0 Å². The van der Waals surface area contributed by atoms with Gasteiger partial charge in [0.1, 0.15) is 10.6 Å². The number of benzene rings is 2. The highest BCUT2D eigenvalue weighted by Crippen LogP contribution is 2.29. The minimum absolute atomic E-state index is 0.0979. The summed E-state index contributed by atoms with van der Waals surface area (Å²) in [5.74, 6) is 0.0738. The van der Waals surface area contributed by atoms with E-state index in [0.29, 0.717) is 47.5 Å². The number of hydrogen-bond donors (Lipinski definition) is 0. The van der Waals surface area contributed by atoms with E-state index in [9.17, 15) is 18.5 Å². The van der Waals surface area contributed by atoms with Crippen LogP contribution in [0.5, 0.6) is 0 Å². The molecule has 0 spiro atoms. The van der Waals surface area contributed by atoms with Crippen molar-refractivity contribution < 1.29 is 17.7 Å². The zero-order chi connectivity index (χ0) is 23.6. The van der Waals surface area contributed by atoms with Gasteiger partial charge in [-0.1, -0.05) is 41.6 Å². The third-order valence-electron chi connectivity index (χ3n) is 5.80. The van der Waals surface area contributed by atoms with E-state index < -0.39 is 10.0 Å². The van der Waals surface area contributed by atoms with Crippen LogP contribution in [0.1, 0.15) is 33.8 Å². The molecule has 3 aromatic rings. The summed E-state index contributed by atoms with van der Waals surface area (Å²) in [6, 6.07) is 16.5. The molecular weight excluding hydrogens is 440 g/mol. The minimum Gasteiger partial charge on any atom is -0.360 e. The first-order chi connectivity index (χ1) is 15.8. The molecule has 1 saturated heterocycles. The van der Waals surface area contributed by atoms with E-state index in [-0.39, 0.29) is 29.7 Å². The molecule has 0 radical (unpaired) electrons. The lowest BCUT2D eigenvalue weighted by Gasteiger charge is -2.23. The molecule has 1 aromatic heterocycles. The van der Waals surface area contributed by atoms with Crippen molar-refractivity contribution in [3.8, 4) is 17.2 Å². The Kier molecular flexibility index (Phi) is 6.31. The Morgan fingerprint density at radius 1 is 1.00 bits per heavy atom. The Balaban J connectivity index is 1.59. The molecule has 33 heavy (non-hydrogen) atoms. The van der Waals surface area contributed by atoms with Crippen LogP contribution in [0.15, 0.2) is 57.9 Å². The quantitative estimate of drug-likeness (QED) is 0.586. The highest BCUT2D eigenvalue weighted by Gasteiger charge is 2.33. The van der Waals surface area contributed by atoms with Crippen LogP contribution < -0.4 is 0 Å². The number of amides is 1. The molecule has 0 bridgehead atoms. The monoisotopic (exact) mass is 464 g/mol. The first kappa shape index (κ1) is 22.7. The number of nitriles is 1. The molecular formula is C24H24N4O4S. The van der Waals surface area contributed by atoms with E-state index in [1.807, 2.05) is 24.3 Å². The summed E-state index contributed by atoms with van der Waals surface area (Å²) in [7, 11) is -3.77. The fourth-order valence-corrected chi connectivity index (χ4v) is 5.96. The van der Waals surface area contributed by atoms with Gasteiger partial charge >= 0.3 is 0 Å². The molecule has 9 heteroatoms. The van der Waals surface area contributed by atoms with Crippen molar-refractivity contribution in [3.63, 3.8) is 0 Å². The second kappa shape index (κ2) is 9.17. The van der Waals surface area contributed by atoms with Gasteiger partial charge in [0, 0.05) is 37.3 Å². The third kappa shape index (κ3) is 4.27. The second-order valence-corrected chi connectivity index (χ2v) is 9.78. The Labute approximate surface area is 193 Å². The lowest BCUT2D eigenvalue weighted by atomic mass is 9.95. The first-order valence-electron chi connectivity index (χ1n) is 10.7. The zero-order valence-electron chi connectivity index (χ0n) is 18.5. The van der Waals surface area contributed by atoms with Crippen LogP contribution in [0.4, 0.5) is 0 Å². The number of carbonyl (C=O) groups is 1. The van der Waals surface area contributed by atoms with Crippen molar-refractivity contribution >= 4 is 15.9 Å². The molecule has 170 valence electrons.